The van der Waals surface area contributed by atoms with Crippen LogP contribution in [0.4, 0.5) is 0 Å². The van der Waals surface area contributed by atoms with E-state index in [1.165, 1.54) is 23.8 Å². The van der Waals surface area contributed by atoms with Gasteiger partial charge in [-0.3, -0.25) is 4.90 Å². The number of hydrogen-bond donors (Lipinski definition) is 0. The van der Waals surface area contributed by atoms with Crippen molar-refractivity contribution < 1.29 is 13.2 Å². The van der Waals surface area contributed by atoms with Gasteiger partial charge in [0.15, 0.2) is 9.84 Å². The van der Waals surface area contributed by atoms with Gasteiger partial charge in [-0.2, -0.15) is 0 Å². The summed E-state index contributed by atoms with van der Waals surface area (Å²) in [6.45, 7) is 4.02. The maximum Gasteiger partial charge on any atom is 0.175 e. The van der Waals surface area contributed by atoms with Gasteiger partial charge in [0.05, 0.1) is 11.5 Å². The van der Waals surface area contributed by atoms with Crippen molar-refractivity contribution >= 4 is 21.4 Å². The largest absolute Gasteiger partial charge is 0.493 e. The number of benzene rings is 2. The van der Waals surface area contributed by atoms with Gasteiger partial charge in [-0.25, -0.2) is 8.42 Å². The fraction of sp³-hybridized carbons (Fsp3) is 0.478. The minimum absolute atomic E-state index is 0.322. The Morgan fingerprint density at radius 1 is 1.14 bits per heavy atom. The molecule has 0 spiro atoms. The highest BCUT2D eigenvalue weighted by Gasteiger charge is 2.35. The molecule has 1 fully saturated rings. The van der Waals surface area contributed by atoms with Crippen LogP contribution in [0, 0.1) is 5.92 Å². The Labute approximate surface area is 178 Å². The van der Waals surface area contributed by atoms with Gasteiger partial charge < -0.3 is 4.74 Å². The molecule has 3 unspecified atom stereocenters. The van der Waals surface area contributed by atoms with Crippen LogP contribution in [0.15, 0.2) is 47.4 Å². The summed E-state index contributed by atoms with van der Waals surface area (Å²) in [5, 5.41) is 0.826. The van der Waals surface area contributed by atoms with Gasteiger partial charge >= 0.3 is 0 Å². The van der Waals surface area contributed by atoms with Crippen LogP contribution in [-0.2, 0) is 22.7 Å². The third-order valence-electron chi connectivity index (χ3n) is 6.29. The zero-order chi connectivity index (χ0) is 20.6. The molecule has 0 bridgehead atoms. The van der Waals surface area contributed by atoms with Crippen LogP contribution >= 0.6 is 11.6 Å². The second-order valence-electron chi connectivity index (χ2n) is 8.51. The molecule has 1 heterocycles. The van der Waals surface area contributed by atoms with Gasteiger partial charge in [-0.1, -0.05) is 17.7 Å². The predicted molar refractivity (Wildman–Crippen MR) is 117 cm³/mol. The molecule has 0 radical (unpaired) electrons. The number of nitrogens with zero attached hydrogens (tertiary/aromatic N) is 1. The van der Waals surface area contributed by atoms with Gasteiger partial charge in [0.1, 0.15) is 5.75 Å². The molecule has 3 atom stereocenters. The predicted octanol–water partition coefficient (Wildman–Crippen LogP) is 4.39. The average Bonchev–Trinajstić information content (AvgIpc) is 3.06. The van der Waals surface area contributed by atoms with E-state index in [0.717, 1.165) is 36.6 Å². The number of aryl methyl sites for hydroxylation is 1. The second kappa shape index (κ2) is 8.29. The molecular weight excluding hydrogens is 406 g/mol. The first-order valence-corrected chi connectivity index (χ1v) is 12.5. The Balaban J connectivity index is 1.34. The molecule has 2 aliphatic rings. The van der Waals surface area contributed by atoms with E-state index in [0.29, 0.717) is 29.5 Å². The van der Waals surface area contributed by atoms with Crippen molar-refractivity contribution in [1.29, 1.82) is 0 Å². The van der Waals surface area contributed by atoms with E-state index in [9.17, 15) is 8.42 Å². The first-order valence-electron chi connectivity index (χ1n) is 10.3. The SMILES string of the molecule is CC1CC(COc2ccc(S(C)(=O)=O)cc2)CN1C1CCc2ccc(Cl)cc2C1. The summed E-state index contributed by atoms with van der Waals surface area (Å²) in [6.07, 6.45) is 5.73. The molecule has 6 heteroatoms. The zero-order valence-corrected chi connectivity index (χ0v) is 18.5. The number of sulfone groups is 1. The van der Waals surface area contributed by atoms with E-state index >= 15 is 0 Å². The molecule has 0 N–H and O–H groups in total. The zero-order valence-electron chi connectivity index (χ0n) is 17.0. The quantitative estimate of drug-likeness (QED) is 0.701. The Morgan fingerprint density at radius 2 is 1.90 bits per heavy atom. The molecule has 4 nitrogen and oxygen atoms in total. The summed E-state index contributed by atoms with van der Waals surface area (Å²) in [5.41, 5.74) is 2.83. The van der Waals surface area contributed by atoms with Gasteiger partial charge in [0.25, 0.3) is 0 Å². The van der Waals surface area contributed by atoms with Crippen LogP contribution in [0.3, 0.4) is 0 Å². The average molecular weight is 434 g/mol. The normalized spacial score (nSPS) is 25.0. The van der Waals surface area contributed by atoms with Crippen LogP contribution in [0.25, 0.3) is 0 Å². The molecule has 156 valence electrons. The van der Waals surface area contributed by atoms with E-state index in [2.05, 4.69) is 24.0 Å². The molecule has 2 aromatic carbocycles. The minimum Gasteiger partial charge on any atom is -0.493 e. The van der Waals surface area contributed by atoms with Crippen molar-refractivity contribution in [2.45, 2.75) is 49.6 Å². The number of rotatable bonds is 5. The van der Waals surface area contributed by atoms with Crippen LogP contribution in [0.5, 0.6) is 5.75 Å². The highest BCUT2D eigenvalue weighted by Crippen LogP contribution is 2.33. The van der Waals surface area contributed by atoms with Crippen LogP contribution in [-0.4, -0.2) is 44.8 Å². The Kier molecular flexibility index (Phi) is 5.92. The van der Waals surface area contributed by atoms with Gasteiger partial charge in [0.2, 0.25) is 0 Å². The number of hydrogen-bond acceptors (Lipinski definition) is 4. The summed E-state index contributed by atoms with van der Waals surface area (Å²) < 4.78 is 29.1. The summed E-state index contributed by atoms with van der Waals surface area (Å²) >= 11 is 6.21. The third-order valence-corrected chi connectivity index (χ3v) is 7.65. The molecule has 1 aliphatic carbocycles. The van der Waals surface area contributed by atoms with E-state index in [1.54, 1.807) is 24.3 Å². The number of fused-ring (bicyclic) bond motifs is 1. The molecule has 0 amide bonds. The first kappa shape index (κ1) is 20.7. The standard InChI is InChI=1S/C23H28ClNO3S/c1-16-11-17(15-28-22-7-9-23(10-8-22)29(2,26)27)14-25(16)21-6-4-18-3-5-20(24)12-19(18)13-21/h3,5,7-10,12,16-17,21H,4,6,11,13-15H2,1-2H3. The topological polar surface area (TPSA) is 46.6 Å². The summed E-state index contributed by atoms with van der Waals surface area (Å²) in [4.78, 5) is 2.97. The summed E-state index contributed by atoms with van der Waals surface area (Å²) in [7, 11) is -3.17. The Hall–Kier alpha value is -1.56. The lowest BCUT2D eigenvalue weighted by molar-refractivity contribution is 0.164. The molecule has 2 aromatic rings. The van der Waals surface area contributed by atoms with Crippen molar-refractivity contribution in [2.24, 2.45) is 5.92 Å². The molecule has 29 heavy (non-hydrogen) atoms. The smallest absolute Gasteiger partial charge is 0.175 e. The Morgan fingerprint density at radius 3 is 2.62 bits per heavy atom. The van der Waals surface area contributed by atoms with Gasteiger partial charge in [-0.15, -0.1) is 0 Å². The van der Waals surface area contributed by atoms with E-state index in [4.69, 9.17) is 16.3 Å². The van der Waals surface area contributed by atoms with Crippen molar-refractivity contribution in [2.75, 3.05) is 19.4 Å². The monoisotopic (exact) mass is 433 g/mol. The summed E-state index contributed by atoms with van der Waals surface area (Å²) in [6, 6.07) is 14.1. The first-order chi connectivity index (χ1) is 13.8. The number of halogens is 1. The lowest BCUT2D eigenvalue weighted by Crippen LogP contribution is -2.41. The highest BCUT2D eigenvalue weighted by molar-refractivity contribution is 7.90. The minimum atomic E-state index is -3.17. The van der Waals surface area contributed by atoms with Crippen molar-refractivity contribution in [3.05, 3.63) is 58.6 Å². The van der Waals surface area contributed by atoms with Crippen LogP contribution in [0.2, 0.25) is 5.02 Å². The summed E-state index contributed by atoms with van der Waals surface area (Å²) in [5.74, 6) is 1.21. The van der Waals surface area contributed by atoms with Crippen LogP contribution < -0.4 is 4.74 Å². The fourth-order valence-corrected chi connectivity index (χ4v) is 5.61. The van der Waals surface area contributed by atoms with Gasteiger partial charge in [0, 0.05) is 35.8 Å². The molecule has 4 rings (SSSR count). The highest BCUT2D eigenvalue weighted by atomic mass is 35.5. The van der Waals surface area contributed by atoms with Crippen molar-refractivity contribution in [3.63, 3.8) is 0 Å². The lowest BCUT2D eigenvalue weighted by atomic mass is 9.87. The van der Waals surface area contributed by atoms with E-state index in [1.807, 2.05) is 6.07 Å². The van der Waals surface area contributed by atoms with E-state index < -0.39 is 9.84 Å². The molecule has 0 saturated carbocycles. The van der Waals surface area contributed by atoms with E-state index in [-0.39, 0.29) is 0 Å². The third kappa shape index (κ3) is 4.79. The molecular formula is C23H28ClNO3S. The van der Waals surface area contributed by atoms with Crippen molar-refractivity contribution in [3.8, 4) is 5.75 Å². The Bertz CT molecular complexity index is 974. The second-order valence-corrected chi connectivity index (χ2v) is 11.0. The maximum absolute atomic E-state index is 11.6. The fourth-order valence-electron chi connectivity index (χ4n) is 4.79. The van der Waals surface area contributed by atoms with Crippen LogP contribution in [0.1, 0.15) is 30.9 Å². The lowest BCUT2D eigenvalue weighted by Gasteiger charge is -2.35. The van der Waals surface area contributed by atoms with Gasteiger partial charge in [-0.05, 0) is 80.1 Å². The number of likely N-dealkylation sites (tertiary alicyclic amines) is 1. The molecule has 1 aliphatic heterocycles. The van der Waals surface area contributed by atoms with Crippen molar-refractivity contribution in [1.82, 2.24) is 4.90 Å². The maximum atomic E-state index is 11.6. The molecule has 1 saturated heterocycles. The number of ether oxygens (including phenoxy) is 1. The molecule has 0 aromatic heterocycles.